The molecule has 2 heterocycles. The Morgan fingerprint density at radius 2 is 1.75 bits per heavy atom. The summed E-state index contributed by atoms with van der Waals surface area (Å²) in [6.45, 7) is 11.8. The predicted octanol–water partition coefficient (Wildman–Crippen LogP) is 2.92. The molecule has 94 valence electrons. The summed E-state index contributed by atoms with van der Waals surface area (Å²) in [5, 5.41) is 0. The molecule has 2 aliphatic heterocycles. The van der Waals surface area contributed by atoms with E-state index in [4.69, 9.17) is 4.74 Å². The maximum absolute atomic E-state index is 5.46. The topological polar surface area (TPSA) is 12.5 Å². The molecule has 2 saturated heterocycles. The molecule has 0 aromatic rings. The van der Waals surface area contributed by atoms with Crippen LogP contribution in [0.3, 0.4) is 0 Å². The molecule has 0 spiro atoms. The predicted molar refractivity (Wildman–Crippen MR) is 67.6 cm³/mol. The molecule has 0 radical (unpaired) electrons. The molecule has 0 aromatic heterocycles. The van der Waals surface area contributed by atoms with Gasteiger partial charge in [-0.25, -0.2) is 0 Å². The summed E-state index contributed by atoms with van der Waals surface area (Å²) < 4.78 is 5.46. The molecular weight excluding hydrogens is 198 g/mol. The van der Waals surface area contributed by atoms with E-state index in [1.54, 1.807) is 0 Å². The van der Waals surface area contributed by atoms with E-state index in [2.05, 4.69) is 25.7 Å². The first-order valence-corrected chi connectivity index (χ1v) is 6.89. The van der Waals surface area contributed by atoms with Gasteiger partial charge in [-0.2, -0.15) is 0 Å². The van der Waals surface area contributed by atoms with Crippen molar-refractivity contribution in [2.75, 3.05) is 26.3 Å². The van der Waals surface area contributed by atoms with Crippen LogP contribution in [-0.2, 0) is 4.74 Å². The monoisotopic (exact) mass is 225 g/mol. The lowest BCUT2D eigenvalue weighted by molar-refractivity contribution is 0.00330. The van der Waals surface area contributed by atoms with Crippen LogP contribution in [0.25, 0.3) is 0 Å². The minimum atomic E-state index is 0.476. The zero-order valence-corrected chi connectivity index (χ0v) is 11.2. The smallest absolute Gasteiger partial charge is 0.0480 e. The largest absolute Gasteiger partial charge is 0.381 e. The molecule has 2 heteroatoms. The minimum Gasteiger partial charge on any atom is -0.381 e. The molecule has 0 aliphatic carbocycles. The van der Waals surface area contributed by atoms with Crippen LogP contribution in [0.4, 0.5) is 0 Å². The zero-order valence-electron chi connectivity index (χ0n) is 11.2. The van der Waals surface area contributed by atoms with Gasteiger partial charge in [0.25, 0.3) is 0 Å². The van der Waals surface area contributed by atoms with Gasteiger partial charge in [-0.3, -0.25) is 4.90 Å². The molecule has 2 rings (SSSR count). The lowest BCUT2D eigenvalue weighted by Gasteiger charge is -2.44. The van der Waals surface area contributed by atoms with Gasteiger partial charge in [0.15, 0.2) is 0 Å². The third-order valence-corrected chi connectivity index (χ3v) is 4.38. The highest BCUT2D eigenvalue weighted by Gasteiger charge is 2.32. The van der Waals surface area contributed by atoms with Gasteiger partial charge in [0.1, 0.15) is 0 Å². The van der Waals surface area contributed by atoms with E-state index in [9.17, 15) is 0 Å². The van der Waals surface area contributed by atoms with Gasteiger partial charge in [-0.1, -0.05) is 20.8 Å². The van der Waals surface area contributed by atoms with Crippen molar-refractivity contribution in [2.45, 2.75) is 52.5 Å². The Labute approximate surface area is 100 Å². The summed E-state index contributed by atoms with van der Waals surface area (Å²) in [6, 6.07) is 0.805. The third kappa shape index (κ3) is 2.98. The van der Waals surface area contributed by atoms with Gasteiger partial charge in [0.2, 0.25) is 0 Å². The van der Waals surface area contributed by atoms with Crippen molar-refractivity contribution in [2.24, 2.45) is 11.3 Å². The van der Waals surface area contributed by atoms with Crippen LogP contribution in [0.1, 0.15) is 46.5 Å². The Morgan fingerprint density at radius 1 is 1.06 bits per heavy atom. The van der Waals surface area contributed by atoms with Crippen LogP contribution in [-0.4, -0.2) is 37.2 Å². The lowest BCUT2D eigenvalue weighted by atomic mass is 9.76. The zero-order chi connectivity index (χ0) is 11.6. The van der Waals surface area contributed by atoms with E-state index in [1.165, 1.54) is 38.8 Å². The van der Waals surface area contributed by atoms with E-state index in [-0.39, 0.29) is 0 Å². The van der Waals surface area contributed by atoms with E-state index in [0.717, 1.165) is 25.2 Å². The molecule has 0 saturated carbocycles. The quantitative estimate of drug-likeness (QED) is 0.680. The Morgan fingerprint density at radius 3 is 2.38 bits per heavy atom. The van der Waals surface area contributed by atoms with Crippen LogP contribution >= 0.6 is 0 Å². The van der Waals surface area contributed by atoms with Gasteiger partial charge in [-0.15, -0.1) is 0 Å². The highest BCUT2D eigenvalue weighted by molar-refractivity contribution is 4.85. The average Bonchev–Trinajstić information content (AvgIpc) is 2.29. The molecule has 2 fully saturated rings. The molecule has 0 bridgehead atoms. The van der Waals surface area contributed by atoms with Gasteiger partial charge in [-0.05, 0) is 43.6 Å². The highest BCUT2D eigenvalue weighted by atomic mass is 16.5. The van der Waals surface area contributed by atoms with Crippen molar-refractivity contribution < 1.29 is 4.74 Å². The van der Waals surface area contributed by atoms with Crippen LogP contribution in [0.15, 0.2) is 0 Å². The fourth-order valence-electron chi connectivity index (χ4n) is 3.10. The number of hydrogen-bond acceptors (Lipinski definition) is 2. The van der Waals surface area contributed by atoms with Crippen molar-refractivity contribution >= 4 is 0 Å². The number of likely N-dealkylation sites (tertiary alicyclic amines) is 1. The van der Waals surface area contributed by atoms with E-state index >= 15 is 0 Å². The first-order chi connectivity index (χ1) is 7.57. The van der Waals surface area contributed by atoms with E-state index in [0.29, 0.717) is 5.41 Å². The molecule has 0 aromatic carbocycles. The number of nitrogens with zero attached hydrogens (tertiary/aromatic N) is 1. The fourth-order valence-corrected chi connectivity index (χ4v) is 3.10. The maximum Gasteiger partial charge on any atom is 0.0480 e. The Balaban J connectivity index is 1.90. The Hall–Kier alpha value is -0.0800. The second-order valence-electron chi connectivity index (χ2n) is 6.54. The Bertz CT molecular complexity index is 215. The molecule has 16 heavy (non-hydrogen) atoms. The minimum absolute atomic E-state index is 0.476. The van der Waals surface area contributed by atoms with Gasteiger partial charge in [0.05, 0.1) is 0 Å². The first kappa shape index (κ1) is 12.4. The summed E-state index contributed by atoms with van der Waals surface area (Å²) in [7, 11) is 0. The lowest BCUT2D eigenvalue weighted by Crippen LogP contribution is -2.47. The average molecular weight is 225 g/mol. The highest BCUT2D eigenvalue weighted by Crippen LogP contribution is 2.34. The normalized spacial score (nSPS) is 30.6. The summed E-state index contributed by atoms with van der Waals surface area (Å²) in [5.41, 5.74) is 0.476. The summed E-state index contributed by atoms with van der Waals surface area (Å²) in [4.78, 5) is 2.74. The van der Waals surface area contributed by atoms with E-state index in [1.807, 2.05) is 0 Å². The molecule has 2 aliphatic rings. The van der Waals surface area contributed by atoms with Crippen LogP contribution in [0.2, 0.25) is 0 Å². The molecule has 1 atom stereocenters. The molecule has 2 nitrogen and oxygen atoms in total. The van der Waals surface area contributed by atoms with Gasteiger partial charge in [0, 0.05) is 25.8 Å². The third-order valence-electron chi connectivity index (χ3n) is 4.38. The van der Waals surface area contributed by atoms with Crippen molar-refractivity contribution in [3.05, 3.63) is 0 Å². The molecular formula is C14H27NO. The second-order valence-corrected chi connectivity index (χ2v) is 6.54. The SMILES string of the molecule is CC(C)(C)C1CCCN(C2CCOCC2)C1. The van der Waals surface area contributed by atoms with Gasteiger partial charge >= 0.3 is 0 Å². The number of rotatable bonds is 1. The van der Waals surface area contributed by atoms with Crippen LogP contribution in [0, 0.1) is 11.3 Å². The summed E-state index contributed by atoms with van der Waals surface area (Å²) >= 11 is 0. The van der Waals surface area contributed by atoms with Crippen LogP contribution in [0.5, 0.6) is 0 Å². The molecule has 0 N–H and O–H groups in total. The first-order valence-electron chi connectivity index (χ1n) is 6.89. The fraction of sp³-hybridized carbons (Fsp3) is 1.00. The second kappa shape index (κ2) is 5.05. The van der Waals surface area contributed by atoms with E-state index < -0.39 is 0 Å². The van der Waals surface area contributed by atoms with Gasteiger partial charge < -0.3 is 4.74 Å². The van der Waals surface area contributed by atoms with Crippen molar-refractivity contribution in [3.8, 4) is 0 Å². The van der Waals surface area contributed by atoms with Crippen molar-refractivity contribution in [3.63, 3.8) is 0 Å². The van der Waals surface area contributed by atoms with Crippen molar-refractivity contribution in [1.82, 2.24) is 4.90 Å². The number of ether oxygens (including phenoxy) is 1. The molecule has 0 amide bonds. The standard InChI is InChI=1S/C14H27NO/c1-14(2,3)12-5-4-8-15(11-12)13-6-9-16-10-7-13/h12-13H,4-11H2,1-3H3. The summed E-state index contributed by atoms with van der Waals surface area (Å²) in [6.07, 6.45) is 5.30. The summed E-state index contributed by atoms with van der Waals surface area (Å²) in [5.74, 6) is 0.879. The number of hydrogen-bond donors (Lipinski definition) is 0. The van der Waals surface area contributed by atoms with Crippen LogP contribution < -0.4 is 0 Å². The molecule has 1 unspecified atom stereocenters. The Kier molecular flexibility index (Phi) is 3.91. The van der Waals surface area contributed by atoms with Crippen molar-refractivity contribution in [1.29, 1.82) is 0 Å². The number of piperidine rings is 1. The maximum atomic E-state index is 5.46.